The first kappa shape index (κ1) is 34.2. The Balaban J connectivity index is 1.81. The van der Waals surface area contributed by atoms with Crippen molar-refractivity contribution in [1.82, 2.24) is 10.2 Å². The summed E-state index contributed by atoms with van der Waals surface area (Å²) in [7, 11) is -2.65. The van der Waals surface area contributed by atoms with Gasteiger partial charge in [0.2, 0.25) is 11.8 Å². The van der Waals surface area contributed by atoms with Gasteiger partial charge in [0, 0.05) is 19.0 Å². The van der Waals surface area contributed by atoms with Crippen LogP contribution >= 0.6 is 0 Å². The highest BCUT2D eigenvalue weighted by atomic mass is 32.2. The van der Waals surface area contributed by atoms with Crippen LogP contribution in [0.4, 0.5) is 5.69 Å². The molecule has 0 radical (unpaired) electrons. The van der Waals surface area contributed by atoms with Crippen LogP contribution < -0.4 is 14.4 Å². The van der Waals surface area contributed by atoms with Crippen LogP contribution in [0.5, 0.6) is 5.75 Å². The van der Waals surface area contributed by atoms with E-state index in [0.717, 1.165) is 33.0 Å². The summed E-state index contributed by atoms with van der Waals surface area (Å²) in [6.45, 7) is 7.34. The van der Waals surface area contributed by atoms with Crippen LogP contribution in [0.3, 0.4) is 0 Å². The average molecular weight is 642 g/mol. The van der Waals surface area contributed by atoms with E-state index in [0.29, 0.717) is 11.4 Å². The molecule has 1 N–H and O–H groups in total. The monoisotopic (exact) mass is 641 g/mol. The number of aryl methyl sites for hydroxylation is 2. The SMILES string of the molecule is CCC(C)NC(=O)C(Cc1ccccc1)N(Cc1cccc(C)c1)C(=O)CN(c1ccc(OC)cc1)S(=O)(=O)c1ccc(C)cc1. The van der Waals surface area contributed by atoms with Crippen molar-refractivity contribution in [2.45, 2.75) is 64.1 Å². The van der Waals surface area contributed by atoms with Crippen molar-refractivity contribution in [3.05, 3.63) is 125 Å². The van der Waals surface area contributed by atoms with Gasteiger partial charge in [-0.15, -0.1) is 0 Å². The molecule has 2 atom stereocenters. The van der Waals surface area contributed by atoms with E-state index >= 15 is 0 Å². The lowest BCUT2D eigenvalue weighted by molar-refractivity contribution is -0.140. The minimum atomic E-state index is -4.18. The van der Waals surface area contributed by atoms with Gasteiger partial charge < -0.3 is 15.0 Å². The second kappa shape index (κ2) is 15.6. The van der Waals surface area contributed by atoms with Gasteiger partial charge in [0.25, 0.3) is 10.0 Å². The standard InChI is InChI=1S/C37H43N3O5S/c1-6-29(4)38-37(42)35(24-30-12-8-7-9-13-30)39(25-31-14-10-11-28(3)23-31)36(41)26-40(32-17-19-33(45-5)20-18-32)46(43,44)34-21-15-27(2)16-22-34/h7-23,29,35H,6,24-26H2,1-5H3,(H,38,42). The lowest BCUT2D eigenvalue weighted by Gasteiger charge is -2.34. The van der Waals surface area contributed by atoms with Gasteiger partial charge in [0.15, 0.2) is 0 Å². The van der Waals surface area contributed by atoms with E-state index in [-0.39, 0.29) is 29.8 Å². The van der Waals surface area contributed by atoms with Crippen molar-refractivity contribution in [2.24, 2.45) is 0 Å². The molecule has 2 unspecified atom stereocenters. The first-order valence-electron chi connectivity index (χ1n) is 15.4. The highest BCUT2D eigenvalue weighted by molar-refractivity contribution is 7.92. The second-order valence-electron chi connectivity index (χ2n) is 11.6. The third kappa shape index (κ3) is 8.75. The van der Waals surface area contributed by atoms with Crippen LogP contribution in [0.1, 0.15) is 42.5 Å². The molecule has 0 fully saturated rings. The molecular weight excluding hydrogens is 598 g/mol. The molecule has 0 aliphatic rings. The third-order valence-electron chi connectivity index (χ3n) is 7.96. The summed E-state index contributed by atoms with van der Waals surface area (Å²) in [4.78, 5) is 30.1. The maximum absolute atomic E-state index is 14.6. The summed E-state index contributed by atoms with van der Waals surface area (Å²) in [5, 5.41) is 3.06. The fraction of sp³-hybridized carbons (Fsp3) is 0.297. The molecule has 0 saturated heterocycles. The number of ether oxygens (including phenoxy) is 1. The van der Waals surface area contributed by atoms with Crippen LogP contribution in [0.2, 0.25) is 0 Å². The number of rotatable bonds is 14. The van der Waals surface area contributed by atoms with Crippen LogP contribution in [-0.4, -0.2) is 50.9 Å². The molecule has 0 heterocycles. The Bertz CT molecular complexity index is 1710. The Morgan fingerprint density at radius 2 is 1.48 bits per heavy atom. The highest BCUT2D eigenvalue weighted by Crippen LogP contribution is 2.27. The van der Waals surface area contributed by atoms with Crippen LogP contribution in [-0.2, 0) is 32.6 Å². The number of sulfonamides is 1. The maximum Gasteiger partial charge on any atom is 0.264 e. The Morgan fingerprint density at radius 1 is 0.826 bits per heavy atom. The van der Waals surface area contributed by atoms with Gasteiger partial charge >= 0.3 is 0 Å². The lowest BCUT2D eigenvalue weighted by Crippen LogP contribution is -2.54. The molecule has 9 heteroatoms. The molecule has 4 aromatic rings. The summed E-state index contributed by atoms with van der Waals surface area (Å²) >= 11 is 0. The van der Waals surface area contributed by atoms with Gasteiger partial charge in [-0.05, 0) is 74.7 Å². The van der Waals surface area contributed by atoms with Gasteiger partial charge in [0.05, 0.1) is 17.7 Å². The Morgan fingerprint density at radius 3 is 2.09 bits per heavy atom. The molecule has 4 rings (SSSR count). The summed E-state index contributed by atoms with van der Waals surface area (Å²) in [5.74, 6) is -0.252. The zero-order valence-corrected chi connectivity index (χ0v) is 28.0. The number of amides is 2. The molecule has 8 nitrogen and oxygen atoms in total. The van der Waals surface area contributed by atoms with Gasteiger partial charge in [-0.1, -0.05) is 84.8 Å². The van der Waals surface area contributed by atoms with Crippen molar-refractivity contribution < 1.29 is 22.7 Å². The molecule has 46 heavy (non-hydrogen) atoms. The molecule has 2 amide bonds. The molecule has 242 valence electrons. The number of carbonyl (C=O) groups is 2. The van der Waals surface area contributed by atoms with Crippen LogP contribution in [0.15, 0.2) is 108 Å². The van der Waals surface area contributed by atoms with Crippen molar-refractivity contribution >= 4 is 27.5 Å². The number of carbonyl (C=O) groups excluding carboxylic acids is 2. The smallest absolute Gasteiger partial charge is 0.264 e. The average Bonchev–Trinajstić information content (AvgIpc) is 3.05. The van der Waals surface area contributed by atoms with E-state index in [4.69, 9.17) is 4.74 Å². The lowest BCUT2D eigenvalue weighted by atomic mass is 10.0. The molecule has 0 spiro atoms. The van der Waals surface area contributed by atoms with E-state index < -0.39 is 28.5 Å². The van der Waals surface area contributed by atoms with Crippen LogP contribution in [0.25, 0.3) is 0 Å². The molecule has 0 aromatic heterocycles. The van der Waals surface area contributed by atoms with E-state index in [2.05, 4.69) is 5.32 Å². The number of methoxy groups -OCH3 is 1. The number of hydrogen-bond donors (Lipinski definition) is 1. The molecular formula is C37H43N3O5S. The summed E-state index contributed by atoms with van der Waals surface area (Å²) in [6.07, 6.45) is 0.976. The zero-order valence-electron chi connectivity index (χ0n) is 27.1. The number of anilines is 1. The van der Waals surface area contributed by atoms with Crippen LogP contribution in [0, 0.1) is 13.8 Å². The molecule has 0 saturated carbocycles. The van der Waals surface area contributed by atoms with E-state index in [1.54, 1.807) is 36.4 Å². The fourth-order valence-electron chi connectivity index (χ4n) is 5.12. The highest BCUT2D eigenvalue weighted by Gasteiger charge is 2.35. The summed E-state index contributed by atoms with van der Waals surface area (Å²) in [5.41, 5.74) is 3.93. The first-order chi connectivity index (χ1) is 22.0. The molecule has 0 aliphatic carbocycles. The topological polar surface area (TPSA) is 96.0 Å². The minimum Gasteiger partial charge on any atom is -0.497 e. The normalized spacial score (nSPS) is 12.5. The number of benzene rings is 4. The summed E-state index contributed by atoms with van der Waals surface area (Å²) in [6, 6.07) is 29.3. The Labute approximate surface area is 273 Å². The predicted octanol–water partition coefficient (Wildman–Crippen LogP) is 6.06. The second-order valence-corrected chi connectivity index (χ2v) is 13.4. The fourth-order valence-corrected chi connectivity index (χ4v) is 6.53. The molecule has 0 bridgehead atoms. The number of nitrogens with zero attached hydrogens (tertiary/aromatic N) is 2. The molecule has 0 aliphatic heterocycles. The maximum atomic E-state index is 14.6. The number of nitrogens with one attached hydrogen (secondary N) is 1. The first-order valence-corrected chi connectivity index (χ1v) is 16.9. The van der Waals surface area contributed by atoms with Gasteiger partial charge in [0.1, 0.15) is 18.3 Å². The van der Waals surface area contributed by atoms with E-state index in [1.807, 2.05) is 82.3 Å². The third-order valence-corrected chi connectivity index (χ3v) is 9.74. The Kier molecular flexibility index (Phi) is 11.6. The van der Waals surface area contributed by atoms with Crippen molar-refractivity contribution in [1.29, 1.82) is 0 Å². The zero-order chi connectivity index (χ0) is 33.3. The van der Waals surface area contributed by atoms with Crippen molar-refractivity contribution in [3.63, 3.8) is 0 Å². The predicted molar refractivity (Wildman–Crippen MR) is 182 cm³/mol. The van der Waals surface area contributed by atoms with Gasteiger partial charge in [-0.2, -0.15) is 0 Å². The van der Waals surface area contributed by atoms with E-state index in [1.165, 1.54) is 24.1 Å². The minimum absolute atomic E-state index is 0.0577. The van der Waals surface area contributed by atoms with Gasteiger partial charge in [-0.25, -0.2) is 8.42 Å². The van der Waals surface area contributed by atoms with Gasteiger partial charge in [-0.3, -0.25) is 13.9 Å². The van der Waals surface area contributed by atoms with Crippen molar-refractivity contribution in [2.75, 3.05) is 18.0 Å². The largest absolute Gasteiger partial charge is 0.497 e. The quantitative estimate of drug-likeness (QED) is 0.181. The molecule has 4 aromatic carbocycles. The number of hydrogen-bond acceptors (Lipinski definition) is 5. The Hall–Kier alpha value is -4.63. The van der Waals surface area contributed by atoms with Crippen molar-refractivity contribution in [3.8, 4) is 5.75 Å². The van der Waals surface area contributed by atoms with E-state index in [9.17, 15) is 18.0 Å². The summed E-state index contributed by atoms with van der Waals surface area (Å²) < 4.78 is 34.8.